The molecule has 0 fully saturated rings. The summed E-state index contributed by atoms with van der Waals surface area (Å²) in [5, 5.41) is 12.4. The molecular formula is C15H18N2. The fraction of sp³-hybridized carbons (Fsp3) is 0.400. The van der Waals surface area contributed by atoms with Crippen molar-refractivity contribution in [2.75, 3.05) is 5.32 Å². The Morgan fingerprint density at radius 2 is 2.24 bits per heavy atom. The molecule has 0 amide bonds. The molecule has 0 aliphatic heterocycles. The summed E-state index contributed by atoms with van der Waals surface area (Å²) in [5.74, 6) is 0. The number of nitriles is 1. The first-order valence-corrected chi connectivity index (χ1v) is 6.27. The van der Waals surface area contributed by atoms with E-state index in [4.69, 9.17) is 5.26 Å². The maximum atomic E-state index is 8.81. The Labute approximate surface area is 103 Å². The van der Waals surface area contributed by atoms with E-state index in [-0.39, 0.29) is 0 Å². The third-order valence-corrected chi connectivity index (χ3v) is 3.31. The molecule has 0 bridgehead atoms. The molecule has 0 heterocycles. The molecule has 0 spiro atoms. The summed E-state index contributed by atoms with van der Waals surface area (Å²) in [6.07, 6.45) is 6.03. The minimum absolute atomic E-state index is 0.472. The molecule has 1 N–H and O–H groups in total. The Bertz CT molecular complexity index is 454. The molecule has 88 valence electrons. The maximum absolute atomic E-state index is 8.81. The maximum Gasteiger partial charge on any atom is 0.0943 e. The molecule has 17 heavy (non-hydrogen) atoms. The van der Waals surface area contributed by atoms with Crippen LogP contribution in [-0.2, 0) is 6.42 Å². The van der Waals surface area contributed by atoms with Crippen molar-refractivity contribution in [2.24, 2.45) is 0 Å². The van der Waals surface area contributed by atoms with Crippen molar-refractivity contribution >= 4 is 5.69 Å². The fourth-order valence-electron chi connectivity index (χ4n) is 2.26. The highest BCUT2D eigenvalue weighted by Gasteiger charge is 2.14. The van der Waals surface area contributed by atoms with Crippen LogP contribution in [0.5, 0.6) is 0 Å². The van der Waals surface area contributed by atoms with Crippen LogP contribution in [0, 0.1) is 11.3 Å². The van der Waals surface area contributed by atoms with Gasteiger partial charge < -0.3 is 5.32 Å². The van der Waals surface area contributed by atoms with Gasteiger partial charge in [0, 0.05) is 17.3 Å². The van der Waals surface area contributed by atoms with Crippen LogP contribution in [0.3, 0.4) is 0 Å². The Morgan fingerprint density at radius 1 is 1.41 bits per heavy atom. The number of hydrogen-bond acceptors (Lipinski definition) is 2. The lowest BCUT2D eigenvalue weighted by atomic mass is 9.95. The molecular weight excluding hydrogens is 208 g/mol. The predicted octanol–water partition coefficient (Wildman–Crippen LogP) is 3.66. The van der Waals surface area contributed by atoms with Crippen molar-refractivity contribution in [3.05, 3.63) is 41.5 Å². The lowest BCUT2D eigenvalue weighted by molar-refractivity contribution is 0.633. The van der Waals surface area contributed by atoms with Gasteiger partial charge in [-0.3, -0.25) is 0 Å². The summed E-state index contributed by atoms with van der Waals surface area (Å²) in [5.41, 5.74) is 3.54. The first kappa shape index (κ1) is 11.7. The molecule has 0 radical (unpaired) electrons. The summed E-state index contributed by atoms with van der Waals surface area (Å²) in [6.45, 7) is 2.18. The summed E-state index contributed by atoms with van der Waals surface area (Å²) in [4.78, 5) is 0. The van der Waals surface area contributed by atoms with Crippen molar-refractivity contribution in [3.8, 4) is 6.07 Å². The highest BCUT2D eigenvalue weighted by atomic mass is 14.9. The van der Waals surface area contributed by atoms with E-state index in [9.17, 15) is 0 Å². The zero-order valence-electron chi connectivity index (χ0n) is 10.2. The van der Waals surface area contributed by atoms with E-state index in [0.29, 0.717) is 6.04 Å². The second kappa shape index (κ2) is 5.54. The Kier molecular flexibility index (Phi) is 3.82. The Balaban J connectivity index is 2.03. The second-order valence-electron chi connectivity index (χ2n) is 4.47. The number of nitrogens with one attached hydrogen (secondary N) is 1. The van der Waals surface area contributed by atoms with Crippen molar-refractivity contribution in [3.63, 3.8) is 0 Å². The molecule has 0 saturated heterocycles. The quantitative estimate of drug-likeness (QED) is 0.853. The van der Waals surface area contributed by atoms with Crippen LogP contribution >= 0.6 is 0 Å². The van der Waals surface area contributed by atoms with Crippen molar-refractivity contribution in [1.82, 2.24) is 0 Å². The monoisotopic (exact) mass is 226 g/mol. The van der Waals surface area contributed by atoms with E-state index < -0.39 is 0 Å². The van der Waals surface area contributed by atoms with Gasteiger partial charge >= 0.3 is 0 Å². The molecule has 1 atom stereocenters. The summed E-state index contributed by atoms with van der Waals surface area (Å²) in [6, 6.07) is 11.2. The van der Waals surface area contributed by atoms with Crippen molar-refractivity contribution in [2.45, 2.75) is 38.6 Å². The zero-order valence-corrected chi connectivity index (χ0v) is 10.2. The molecule has 1 aromatic rings. The van der Waals surface area contributed by atoms with Crippen LogP contribution in [0.15, 0.2) is 35.9 Å². The van der Waals surface area contributed by atoms with Gasteiger partial charge in [0.25, 0.3) is 0 Å². The van der Waals surface area contributed by atoms with Gasteiger partial charge in [-0.1, -0.05) is 31.2 Å². The van der Waals surface area contributed by atoms with E-state index in [1.54, 1.807) is 0 Å². The van der Waals surface area contributed by atoms with Gasteiger partial charge in [0.05, 0.1) is 6.07 Å². The average Bonchev–Trinajstić information content (AvgIpc) is 2.40. The van der Waals surface area contributed by atoms with E-state index in [1.807, 2.05) is 0 Å². The number of para-hydroxylation sites is 1. The summed E-state index contributed by atoms with van der Waals surface area (Å²) < 4.78 is 0. The lowest BCUT2D eigenvalue weighted by Crippen LogP contribution is -2.22. The second-order valence-corrected chi connectivity index (χ2v) is 4.47. The standard InChI is InChI=1S/C15H18N2/c1-2-13-5-3-4-6-15(13)17-14-9-7-12(11-16)8-10-14/h3-7,14,17H,2,8-10H2,1H3. The number of anilines is 1. The third-order valence-electron chi connectivity index (χ3n) is 3.31. The molecule has 0 saturated carbocycles. The number of rotatable bonds is 3. The molecule has 1 aromatic carbocycles. The minimum Gasteiger partial charge on any atom is -0.382 e. The van der Waals surface area contributed by atoms with Gasteiger partial charge in [0.15, 0.2) is 0 Å². The van der Waals surface area contributed by atoms with Crippen molar-refractivity contribution in [1.29, 1.82) is 5.26 Å². The SMILES string of the molecule is CCc1ccccc1NC1CC=C(C#N)CC1. The predicted molar refractivity (Wildman–Crippen MR) is 70.8 cm³/mol. The molecule has 2 nitrogen and oxygen atoms in total. The fourth-order valence-corrected chi connectivity index (χ4v) is 2.26. The topological polar surface area (TPSA) is 35.8 Å². The van der Waals surface area contributed by atoms with Crippen molar-refractivity contribution < 1.29 is 0 Å². The summed E-state index contributed by atoms with van der Waals surface area (Å²) >= 11 is 0. The number of allylic oxidation sites excluding steroid dienone is 1. The third kappa shape index (κ3) is 2.88. The van der Waals surface area contributed by atoms with E-state index in [1.165, 1.54) is 11.3 Å². The highest BCUT2D eigenvalue weighted by Crippen LogP contribution is 2.23. The molecule has 0 aromatic heterocycles. The molecule has 1 unspecified atom stereocenters. The lowest BCUT2D eigenvalue weighted by Gasteiger charge is -2.23. The van der Waals surface area contributed by atoms with Crippen LogP contribution in [0.2, 0.25) is 0 Å². The zero-order chi connectivity index (χ0) is 12.1. The van der Waals surface area contributed by atoms with E-state index in [2.05, 4.69) is 48.7 Å². The number of aryl methyl sites for hydroxylation is 1. The van der Waals surface area contributed by atoms with Gasteiger partial charge in [-0.15, -0.1) is 0 Å². The van der Waals surface area contributed by atoms with Gasteiger partial charge in [-0.25, -0.2) is 0 Å². The molecule has 2 rings (SSSR count). The van der Waals surface area contributed by atoms with Crippen LogP contribution < -0.4 is 5.32 Å². The number of hydrogen-bond donors (Lipinski definition) is 1. The summed E-state index contributed by atoms with van der Waals surface area (Å²) in [7, 11) is 0. The van der Waals surface area contributed by atoms with Gasteiger partial charge in [-0.2, -0.15) is 5.26 Å². The van der Waals surface area contributed by atoms with E-state index >= 15 is 0 Å². The first-order chi connectivity index (χ1) is 8.33. The van der Waals surface area contributed by atoms with E-state index in [0.717, 1.165) is 31.3 Å². The Morgan fingerprint density at radius 3 is 2.88 bits per heavy atom. The molecule has 1 aliphatic carbocycles. The normalized spacial score (nSPS) is 19.3. The molecule has 1 aliphatic rings. The largest absolute Gasteiger partial charge is 0.382 e. The van der Waals surface area contributed by atoms with Gasteiger partial charge in [0.1, 0.15) is 0 Å². The average molecular weight is 226 g/mol. The van der Waals surface area contributed by atoms with Gasteiger partial charge in [0.2, 0.25) is 0 Å². The number of nitrogens with zero attached hydrogens (tertiary/aromatic N) is 1. The van der Waals surface area contributed by atoms with Crippen LogP contribution in [0.4, 0.5) is 5.69 Å². The van der Waals surface area contributed by atoms with Crippen LogP contribution in [0.1, 0.15) is 31.7 Å². The van der Waals surface area contributed by atoms with Gasteiger partial charge in [-0.05, 0) is 37.3 Å². The highest BCUT2D eigenvalue weighted by molar-refractivity contribution is 5.52. The first-order valence-electron chi connectivity index (χ1n) is 6.27. The molecule has 2 heteroatoms. The minimum atomic E-state index is 0.472. The Hall–Kier alpha value is -1.75. The van der Waals surface area contributed by atoms with Crippen LogP contribution in [0.25, 0.3) is 0 Å². The number of benzene rings is 1. The smallest absolute Gasteiger partial charge is 0.0943 e. The van der Waals surface area contributed by atoms with Crippen LogP contribution in [-0.4, -0.2) is 6.04 Å².